The zero-order valence-electron chi connectivity index (χ0n) is 12.1. The number of rotatable bonds is 5. The Hall–Kier alpha value is -1.73. The van der Waals surface area contributed by atoms with Gasteiger partial charge in [0.1, 0.15) is 5.75 Å². The van der Waals surface area contributed by atoms with E-state index in [-0.39, 0.29) is 10.9 Å². The van der Waals surface area contributed by atoms with Crippen LogP contribution in [0.1, 0.15) is 20.8 Å². The van der Waals surface area contributed by atoms with E-state index in [2.05, 4.69) is 10.3 Å². The summed E-state index contributed by atoms with van der Waals surface area (Å²) in [5.41, 5.74) is 5.49. The fourth-order valence-corrected chi connectivity index (χ4v) is 2.56. The molecule has 7 heteroatoms. The van der Waals surface area contributed by atoms with Gasteiger partial charge in [0.15, 0.2) is 5.13 Å². The highest BCUT2D eigenvalue weighted by molar-refractivity contribution is 7.80. The first-order valence-electron chi connectivity index (χ1n) is 6.49. The average Bonchev–Trinajstić information content (AvgIpc) is 2.80. The third-order valence-corrected chi connectivity index (χ3v) is 4.52. The predicted molar refractivity (Wildman–Crippen MR) is 90.0 cm³/mol. The van der Waals surface area contributed by atoms with Crippen molar-refractivity contribution in [3.63, 3.8) is 0 Å². The quantitative estimate of drug-likeness (QED) is 0.827. The van der Waals surface area contributed by atoms with E-state index in [4.69, 9.17) is 22.7 Å². The zero-order valence-corrected chi connectivity index (χ0v) is 13.7. The monoisotopic (exact) mass is 323 g/mol. The second kappa shape index (κ2) is 5.95. The number of nitrogens with zero attached hydrogens (tertiary/aromatic N) is 1. The number of anilines is 1. The normalized spacial score (nSPS) is 11.4. The number of hydrogen-bond acceptors (Lipinski definition) is 5. The van der Waals surface area contributed by atoms with Crippen LogP contribution in [0.25, 0.3) is 10.2 Å². The Labute approximate surface area is 132 Å². The maximum absolute atomic E-state index is 12.2. The number of amides is 1. The third-order valence-electron chi connectivity index (χ3n) is 3.08. The van der Waals surface area contributed by atoms with Crippen LogP contribution in [0.15, 0.2) is 18.2 Å². The number of hydrogen-bond donors (Lipinski definition) is 2. The fourth-order valence-electron chi connectivity index (χ4n) is 1.58. The number of ether oxygens (including phenoxy) is 1. The van der Waals surface area contributed by atoms with Crippen LogP contribution in [-0.4, -0.2) is 22.5 Å². The first-order chi connectivity index (χ1) is 9.84. The van der Waals surface area contributed by atoms with Crippen LogP contribution in [0.4, 0.5) is 5.13 Å². The maximum atomic E-state index is 12.2. The number of aromatic nitrogens is 1. The maximum Gasteiger partial charge on any atom is 0.238 e. The molecular formula is C14H17N3O2S2. The summed E-state index contributed by atoms with van der Waals surface area (Å²) in [6.45, 7) is 5.91. The van der Waals surface area contributed by atoms with Crippen LogP contribution in [0.3, 0.4) is 0 Å². The first kappa shape index (κ1) is 15.7. The van der Waals surface area contributed by atoms with E-state index in [1.807, 2.05) is 25.1 Å². The van der Waals surface area contributed by atoms with Gasteiger partial charge in [-0.05, 0) is 39.0 Å². The lowest BCUT2D eigenvalue weighted by Crippen LogP contribution is -2.41. The molecule has 5 nitrogen and oxygen atoms in total. The molecule has 0 saturated carbocycles. The molecule has 0 fully saturated rings. The molecule has 112 valence electrons. The molecule has 0 bridgehead atoms. The van der Waals surface area contributed by atoms with Gasteiger partial charge in [0.05, 0.1) is 27.2 Å². The second-order valence-electron chi connectivity index (χ2n) is 5.02. The number of nitrogens with one attached hydrogen (secondary N) is 1. The van der Waals surface area contributed by atoms with Crippen LogP contribution in [0.2, 0.25) is 0 Å². The molecule has 2 rings (SSSR count). The molecule has 0 unspecified atom stereocenters. The number of fused-ring (bicyclic) bond motifs is 1. The summed E-state index contributed by atoms with van der Waals surface area (Å²) >= 11 is 6.30. The van der Waals surface area contributed by atoms with E-state index in [1.165, 1.54) is 11.3 Å². The van der Waals surface area contributed by atoms with E-state index in [0.29, 0.717) is 11.7 Å². The average molecular weight is 323 g/mol. The molecule has 21 heavy (non-hydrogen) atoms. The van der Waals surface area contributed by atoms with E-state index >= 15 is 0 Å². The Morgan fingerprint density at radius 1 is 1.52 bits per heavy atom. The Balaban J connectivity index is 2.23. The minimum atomic E-state index is -0.913. The Morgan fingerprint density at radius 2 is 2.24 bits per heavy atom. The largest absolute Gasteiger partial charge is 0.494 e. The fraction of sp³-hybridized carbons (Fsp3) is 0.357. The third kappa shape index (κ3) is 3.30. The first-order valence-corrected chi connectivity index (χ1v) is 7.72. The van der Waals surface area contributed by atoms with Gasteiger partial charge in [-0.15, -0.1) is 0 Å². The number of carbonyl (C=O) groups is 1. The molecule has 0 atom stereocenters. The number of benzene rings is 1. The van der Waals surface area contributed by atoms with Crippen LogP contribution < -0.4 is 15.8 Å². The van der Waals surface area contributed by atoms with Gasteiger partial charge in [-0.1, -0.05) is 23.6 Å². The Kier molecular flexibility index (Phi) is 4.43. The van der Waals surface area contributed by atoms with Gasteiger partial charge in [-0.25, -0.2) is 4.98 Å². The van der Waals surface area contributed by atoms with E-state index in [9.17, 15) is 4.79 Å². The highest BCUT2D eigenvalue weighted by atomic mass is 32.1. The van der Waals surface area contributed by atoms with Crippen molar-refractivity contribution in [3.8, 4) is 5.75 Å². The van der Waals surface area contributed by atoms with Crippen LogP contribution in [-0.2, 0) is 4.79 Å². The molecule has 3 N–H and O–H groups in total. The smallest absolute Gasteiger partial charge is 0.238 e. The summed E-state index contributed by atoms with van der Waals surface area (Å²) in [6.07, 6.45) is 0. The van der Waals surface area contributed by atoms with Gasteiger partial charge in [0.25, 0.3) is 0 Å². The number of thiazole rings is 1. The Bertz CT molecular complexity index is 695. The SMILES string of the molecule is CCOc1ccc2nc(NC(=O)C(C)(C)C(N)=S)sc2c1. The molecule has 0 saturated heterocycles. The Morgan fingerprint density at radius 3 is 2.86 bits per heavy atom. The molecule has 1 aromatic heterocycles. The lowest BCUT2D eigenvalue weighted by atomic mass is 9.92. The minimum absolute atomic E-state index is 0.153. The van der Waals surface area contributed by atoms with Crippen LogP contribution >= 0.6 is 23.6 Å². The second-order valence-corrected chi connectivity index (χ2v) is 6.50. The lowest BCUT2D eigenvalue weighted by Gasteiger charge is -2.20. The van der Waals surface area contributed by atoms with Crippen molar-refractivity contribution < 1.29 is 9.53 Å². The molecule has 2 aromatic rings. The molecule has 1 amide bonds. The number of carbonyl (C=O) groups excluding carboxylic acids is 1. The van der Waals surface area contributed by atoms with Gasteiger partial charge in [0, 0.05) is 0 Å². The van der Waals surface area contributed by atoms with Gasteiger partial charge in [-0.2, -0.15) is 0 Å². The summed E-state index contributed by atoms with van der Waals surface area (Å²) in [4.78, 5) is 16.7. The molecular weight excluding hydrogens is 306 g/mol. The summed E-state index contributed by atoms with van der Waals surface area (Å²) in [7, 11) is 0. The van der Waals surface area contributed by atoms with Crippen molar-refractivity contribution >= 4 is 49.8 Å². The van der Waals surface area contributed by atoms with Gasteiger partial charge < -0.3 is 15.8 Å². The van der Waals surface area contributed by atoms with Crippen molar-refractivity contribution in [1.82, 2.24) is 4.98 Å². The molecule has 0 radical (unpaired) electrons. The number of nitrogens with two attached hydrogens (primary N) is 1. The molecule has 0 aliphatic heterocycles. The summed E-state index contributed by atoms with van der Waals surface area (Å²) in [6, 6.07) is 5.63. The van der Waals surface area contributed by atoms with Crippen LogP contribution in [0.5, 0.6) is 5.75 Å². The molecule has 1 aromatic carbocycles. The molecule has 0 aliphatic carbocycles. The van der Waals surface area contributed by atoms with Crippen molar-refractivity contribution in [2.45, 2.75) is 20.8 Å². The molecule has 1 heterocycles. The topological polar surface area (TPSA) is 77.2 Å². The summed E-state index contributed by atoms with van der Waals surface area (Å²) in [5, 5.41) is 3.29. The minimum Gasteiger partial charge on any atom is -0.494 e. The van der Waals surface area contributed by atoms with Gasteiger partial charge >= 0.3 is 0 Å². The lowest BCUT2D eigenvalue weighted by molar-refractivity contribution is -0.121. The van der Waals surface area contributed by atoms with E-state index in [0.717, 1.165) is 16.0 Å². The number of thiocarbonyl (C=S) groups is 1. The van der Waals surface area contributed by atoms with Crippen molar-refractivity contribution in [1.29, 1.82) is 0 Å². The molecule has 0 aliphatic rings. The molecule has 0 spiro atoms. The van der Waals surface area contributed by atoms with E-state index in [1.54, 1.807) is 13.8 Å². The van der Waals surface area contributed by atoms with Gasteiger partial charge in [-0.3, -0.25) is 4.79 Å². The van der Waals surface area contributed by atoms with Crippen molar-refractivity contribution in [3.05, 3.63) is 18.2 Å². The standard InChI is InChI=1S/C14H17N3O2S2/c1-4-19-8-5-6-9-10(7-8)21-13(16-9)17-12(18)14(2,3)11(15)20/h5-7H,4H2,1-3H3,(H2,15,20)(H,16,17,18). The van der Waals surface area contributed by atoms with Crippen LogP contribution in [0, 0.1) is 5.41 Å². The predicted octanol–water partition coefficient (Wildman–Crippen LogP) is 2.95. The van der Waals surface area contributed by atoms with Gasteiger partial charge in [0.2, 0.25) is 5.91 Å². The highest BCUT2D eigenvalue weighted by Crippen LogP contribution is 2.30. The van der Waals surface area contributed by atoms with Crippen molar-refractivity contribution in [2.24, 2.45) is 11.1 Å². The zero-order chi connectivity index (χ0) is 15.6. The highest BCUT2D eigenvalue weighted by Gasteiger charge is 2.31. The van der Waals surface area contributed by atoms with Crippen molar-refractivity contribution in [2.75, 3.05) is 11.9 Å². The van der Waals surface area contributed by atoms with E-state index < -0.39 is 5.41 Å². The summed E-state index contributed by atoms with van der Waals surface area (Å²) < 4.78 is 6.40. The summed E-state index contributed by atoms with van der Waals surface area (Å²) in [5.74, 6) is 0.522.